The van der Waals surface area contributed by atoms with Crippen LogP contribution in [0.25, 0.3) is 15.3 Å². The van der Waals surface area contributed by atoms with Crippen molar-refractivity contribution in [2.24, 2.45) is 0 Å². The zero-order chi connectivity index (χ0) is 17.4. The van der Waals surface area contributed by atoms with Crippen LogP contribution < -0.4 is 5.32 Å². The van der Waals surface area contributed by atoms with Crippen LogP contribution in [0.2, 0.25) is 0 Å². The summed E-state index contributed by atoms with van der Waals surface area (Å²) in [7, 11) is 0. The predicted molar refractivity (Wildman–Crippen MR) is 101 cm³/mol. The van der Waals surface area contributed by atoms with Crippen molar-refractivity contribution in [1.29, 1.82) is 0 Å². The van der Waals surface area contributed by atoms with Gasteiger partial charge >= 0.3 is 0 Å². The van der Waals surface area contributed by atoms with Gasteiger partial charge in [-0.1, -0.05) is 29.5 Å². The molecule has 1 amide bonds. The van der Waals surface area contributed by atoms with Crippen molar-refractivity contribution in [2.45, 2.75) is 13.8 Å². The van der Waals surface area contributed by atoms with Crippen molar-refractivity contribution in [1.82, 2.24) is 14.8 Å². The molecule has 2 aromatic carbocycles. The van der Waals surface area contributed by atoms with Gasteiger partial charge in [-0.2, -0.15) is 5.10 Å². The number of aromatic nitrogens is 3. The summed E-state index contributed by atoms with van der Waals surface area (Å²) in [4.78, 5) is 16.9. The molecular formula is C19H16N4OS. The number of hydrogen-bond donors (Lipinski definition) is 1. The standard InChI is InChI=1S/C19H16N4OS/c1-12-10-13(2)23(22-12)19-21-16-9-8-15(11-17(16)25-19)20-18(24)14-6-4-3-5-7-14/h3-11H,1-2H3,(H,20,24). The summed E-state index contributed by atoms with van der Waals surface area (Å²) >= 11 is 1.55. The number of carbonyl (C=O) groups is 1. The number of amides is 1. The molecule has 0 aliphatic heterocycles. The molecule has 124 valence electrons. The molecule has 0 saturated carbocycles. The molecule has 2 aromatic heterocycles. The molecule has 0 radical (unpaired) electrons. The van der Waals surface area contributed by atoms with Gasteiger partial charge < -0.3 is 5.32 Å². The molecule has 2 heterocycles. The molecule has 0 aliphatic carbocycles. The highest BCUT2D eigenvalue weighted by Crippen LogP contribution is 2.28. The number of nitrogens with one attached hydrogen (secondary N) is 1. The Morgan fingerprint density at radius 3 is 2.60 bits per heavy atom. The summed E-state index contributed by atoms with van der Waals surface area (Å²) in [5.74, 6) is -0.122. The van der Waals surface area contributed by atoms with Crippen LogP contribution >= 0.6 is 11.3 Å². The van der Waals surface area contributed by atoms with Gasteiger partial charge in [0.15, 0.2) is 0 Å². The minimum Gasteiger partial charge on any atom is -0.322 e. The average molecular weight is 348 g/mol. The first-order valence-corrected chi connectivity index (χ1v) is 8.72. The molecule has 4 rings (SSSR count). The van der Waals surface area contributed by atoms with Gasteiger partial charge in [0.1, 0.15) is 0 Å². The van der Waals surface area contributed by atoms with Crippen LogP contribution in [-0.4, -0.2) is 20.7 Å². The summed E-state index contributed by atoms with van der Waals surface area (Å²) in [6.45, 7) is 3.98. The molecule has 0 spiro atoms. The highest BCUT2D eigenvalue weighted by atomic mass is 32.1. The van der Waals surface area contributed by atoms with Gasteiger partial charge in [0.25, 0.3) is 5.91 Å². The van der Waals surface area contributed by atoms with Crippen molar-refractivity contribution in [3.8, 4) is 5.13 Å². The second-order valence-corrected chi connectivity index (χ2v) is 6.85. The number of thiazole rings is 1. The number of nitrogens with zero attached hydrogens (tertiary/aromatic N) is 3. The summed E-state index contributed by atoms with van der Waals surface area (Å²) in [6.07, 6.45) is 0. The zero-order valence-electron chi connectivity index (χ0n) is 13.9. The maximum atomic E-state index is 12.3. The normalized spacial score (nSPS) is 11.0. The minimum atomic E-state index is -0.122. The average Bonchev–Trinajstić information content (AvgIpc) is 3.17. The molecule has 4 aromatic rings. The third-order valence-corrected chi connectivity index (χ3v) is 4.86. The lowest BCUT2D eigenvalue weighted by molar-refractivity contribution is 0.102. The molecule has 6 heteroatoms. The number of anilines is 1. The summed E-state index contributed by atoms with van der Waals surface area (Å²) < 4.78 is 2.86. The second-order valence-electron chi connectivity index (χ2n) is 5.84. The second kappa shape index (κ2) is 6.14. The molecule has 1 N–H and O–H groups in total. The Morgan fingerprint density at radius 2 is 1.88 bits per heavy atom. The van der Waals surface area contributed by atoms with E-state index >= 15 is 0 Å². The van der Waals surface area contributed by atoms with Crippen LogP contribution in [-0.2, 0) is 0 Å². The van der Waals surface area contributed by atoms with Gasteiger partial charge in [0, 0.05) is 16.9 Å². The topological polar surface area (TPSA) is 59.8 Å². The smallest absolute Gasteiger partial charge is 0.255 e. The lowest BCUT2D eigenvalue weighted by Crippen LogP contribution is -2.11. The minimum absolute atomic E-state index is 0.122. The van der Waals surface area contributed by atoms with E-state index in [1.165, 1.54) is 0 Å². The molecular weight excluding hydrogens is 332 g/mol. The van der Waals surface area contributed by atoms with E-state index in [1.807, 2.05) is 61.0 Å². The van der Waals surface area contributed by atoms with E-state index < -0.39 is 0 Å². The molecule has 0 atom stereocenters. The van der Waals surface area contributed by atoms with E-state index in [9.17, 15) is 4.79 Å². The Morgan fingerprint density at radius 1 is 1.08 bits per heavy atom. The number of aryl methyl sites for hydroxylation is 2. The quantitative estimate of drug-likeness (QED) is 0.599. The van der Waals surface area contributed by atoms with Crippen molar-refractivity contribution in [2.75, 3.05) is 5.32 Å². The van der Waals surface area contributed by atoms with Crippen LogP contribution in [0.15, 0.2) is 54.6 Å². The molecule has 5 nitrogen and oxygen atoms in total. The number of carbonyl (C=O) groups excluding carboxylic acids is 1. The monoisotopic (exact) mass is 348 g/mol. The van der Waals surface area contributed by atoms with Crippen LogP contribution in [0.4, 0.5) is 5.69 Å². The summed E-state index contributed by atoms with van der Waals surface area (Å²) in [5.41, 5.74) is 4.30. The maximum Gasteiger partial charge on any atom is 0.255 e. The van der Waals surface area contributed by atoms with E-state index in [2.05, 4.69) is 15.4 Å². The molecule has 0 bridgehead atoms. The van der Waals surface area contributed by atoms with Crippen LogP contribution in [0.5, 0.6) is 0 Å². The Labute approximate surface area is 149 Å². The van der Waals surface area contributed by atoms with E-state index in [4.69, 9.17) is 0 Å². The fourth-order valence-corrected chi connectivity index (χ4v) is 3.71. The molecule has 0 aliphatic rings. The zero-order valence-corrected chi connectivity index (χ0v) is 14.7. The lowest BCUT2D eigenvalue weighted by Gasteiger charge is -2.04. The molecule has 0 fully saturated rings. The fraction of sp³-hybridized carbons (Fsp3) is 0.105. The van der Waals surface area contributed by atoms with Gasteiger partial charge in [0.2, 0.25) is 5.13 Å². The third-order valence-electron chi connectivity index (χ3n) is 3.86. The van der Waals surface area contributed by atoms with Crippen LogP contribution in [0.1, 0.15) is 21.7 Å². The van der Waals surface area contributed by atoms with Gasteiger partial charge in [-0.25, -0.2) is 9.67 Å². The third kappa shape index (κ3) is 3.04. The first kappa shape index (κ1) is 15.5. The molecule has 0 unspecified atom stereocenters. The predicted octanol–water partition coefficient (Wildman–Crippen LogP) is 4.35. The van der Waals surface area contributed by atoms with Crippen molar-refractivity contribution >= 4 is 33.1 Å². The summed E-state index contributed by atoms with van der Waals surface area (Å²) in [6, 6.07) is 16.9. The maximum absolute atomic E-state index is 12.3. The van der Waals surface area contributed by atoms with E-state index in [0.29, 0.717) is 5.56 Å². The van der Waals surface area contributed by atoms with E-state index in [0.717, 1.165) is 32.4 Å². The SMILES string of the molecule is Cc1cc(C)n(-c2nc3ccc(NC(=O)c4ccccc4)cc3s2)n1. The van der Waals surface area contributed by atoms with Crippen molar-refractivity contribution < 1.29 is 4.79 Å². The lowest BCUT2D eigenvalue weighted by atomic mass is 10.2. The van der Waals surface area contributed by atoms with Crippen molar-refractivity contribution in [3.63, 3.8) is 0 Å². The van der Waals surface area contributed by atoms with E-state index in [1.54, 1.807) is 23.5 Å². The fourth-order valence-electron chi connectivity index (χ4n) is 2.70. The van der Waals surface area contributed by atoms with Crippen LogP contribution in [0, 0.1) is 13.8 Å². The Hall–Kier alpha value is -2.99. The Kier molecular flexibility index (Phi) is 3.82. The van der Waals surface area contributed by atoms with Crippen LogP contribution in [0.3, 0.4) is 0 Å². The highest BCUT2D eigenvalue weighted by Gasteiger charge is 2.11. The first-order valence-electron chi connectivity index (χ1n) is 7.91. The number of fused-ring (bicyclic) bond motifs is 1. The van der Waals surface area contributed by atoms with Gasteiger partial charge in [-0.15, -0.1) is 0 Å². The first-order chi connectivity index (χ1) is 12.1. The van der Waals surface area contributed by atoms with E-state index in [-0.39, 0.29) is 5.91 Å². The van der Waals surface area contributed by atoms with Gasteiger partial charge in [-0.05, 0) is 50.2 Å². The number of rotatable bonds is 3. The molecule has 25 heavy (non-hydrogen) atoms. The van der Waals surface area contributed by atoms with Gasteiger partial charge in [-0.3, -0.25) is 4.79 Å². The molecule has 0 saturated heterocycles. The Balaban J connectivity index is 1.64. The highest BCUT2D eigenvalue weighted by molar-refractivity contribution is 7.20. The van der Waals surface area contributed by atoms with Crippen molar-refractivity contribution in [3.05, 3.63) is 71.5 Å². The number of benzene rings is 2. The number of hydrogen-bond acceptors (Lipinski definition) is 4. The van der Waals surface area contributed by atoms with Gasteiger partial charge in [0.05, 0.1) is 15.9 Å². The largest absolute Gasteiger partial charge is 0.322 e. The summed E-state index contributed by atoms with van der Waals surface area (Å²) in [5, 5.41) is 8.24. The Bertz CT molecular complexity index is 1070.